The maximum absolute atomic E-state index is 9.77. The van der Waals surface area contributed by atoms with Crippen LogP contribution in [0, 0.1) is 5.92 Å². The summed E-state index contributed by atoms with van der Waals surface area (Å²) in [6.07, 6.45) is 15.9. The van der Waals surface area contributed by atoms with Gasteiger partial charge in [0.05, 0.1) is 0 Å². The van der Waals surface area contributed by atoms with Crippen LogP contribution in [0.2, 0.25) is 0 Å². The maximum atomic E-state index is 9.77. The Hall–Kier alpha value is -2.27. The number of oxime groups is 1. The molecule has 0 saturated carbocycles. The summed E-state index contributed by atoms with van der Waals surface area (Å²) in [4.78, 5) is 5.20. The highest BCUT2D eigenvalue weighted by atomic mass is 16.6. The molecule has 0 amide bonds. The molecule has 2 rings (SSSR count). The molecule has 0 bridgehead atoms. The molecule has 1 aliphatic carbocycles. The predicted molar refractivity (Wildman–Crippen MR) is 113 cm³/mol. The van der Waals surface area contributed by atoms with Gasteiger partial charge < -0.3 is 21.0 Å². The van der Waals surface area contributed by atoms with Crippen molar-refractivity contribution >= 4 is 12.4 Å². The Balaban J connectivity index is 1.90. The molecule has 5 heteroatoms. The summed E-state index contributed by atoms with van der Waals surface area (Å²) in [5.41, 5.74) is 8.58. The second kappa shape index (κ2) is 11.4. The third-order valence-electron chi connectivity index (χ3n) is 5.18. The van der Waals surface area contributed by atoms with Crippen LogP contribution in [0.1, 0.15) is 50.5 Å². The average molecular weight is 372 g/mol. The first kappa shape index (κ1) is 21.0. The molecule has 1 atom stereocenters. The van der Waals surface area contributed by atoms with Crippen molar-refractivity contribution in [3.8, 4) is 11.5 Å². The van der Waals surface area contributed by atoms with Gasteiger partial charge in [-0.3, -0.25) is 0 Å². The highest BCUT2D eigenvalue weighted by Crippen LogP contribution is 2.35. The minimum atomic E-state index is 0.0121. The minimum absolute atomic E-state index is 0.0121. The Morgan fingerprint density at radius 1 is 1.26 bits per heavy atom. The van der Waals surface area contributed by atoms with E-state index in [0.29, 0.717) is 11.7 Å². The first-order valence-electron chi connectivity index (χ1n) is 9.89. The Labute approximate surface area is 163 Å². The molecule has 1 aromatic carbocycles. The van der Waals surface area contributed by atoms with Gasteiger partial charge in [-0.1, -0.05) is 41.4 Å². The number of benzene rings is 1. The molecule has 0 spiro atoms. The first-order valence-corrected chi connectivity index (χ1v) is 9.89. The molecule has 148 valence electrons. The molecule has 0 fully saturated rings. The highest BCUT2D eigenvalue weighted by molar-refractivity contribution is 5.65. The number of aromatic hydroxyl groups is 1. The quantitative estimate of drug-likeness (QED) is 0.217. The van der Waals surface area contributed by atoms with Gasteiger partial charge >= 0.3 is 0 Å². The van der Waals surface area contributed by atoms with E-state index in [1.165, 1.54) is 31.3 Å². The van der Waals surface area contributed by atoms with E-state index < -0.39 is 0 Å². The number of anilines is 1. The Kier molecular flexibility index (Phi) is 8.92. The molecule has 1 aromatic rings. The SMILES string of the molecule is C=NOc1c(CCCC(CCNC)CCC2=CCCC=C2)ccc(O)c1N. The summed E-state index contributed by atoms with van der Waals surface area (Å²) < 4.78 is 0. The number of nitrogens with two attached hydrogens (primary N) is 1. The topological polar surface area (TPSA) is 79.9 Å². The smallest absolute Gasteiger partial charge is 0.187 e. The number of hydrogen-bond donors (Lipinski definition) is 3. The van der Waals surface area contributed by atoms with Gasteiger partial charge in [-0.05, 0) is 70.5 Å². The van der Waals surface area contributed by atoms with E-state index in [1.54, 1.807) is 6.07 Å². The summed E-state index contributed by atoms with van der Waals surface area (Å²) in [6, 6.07) is 3.47. The van der Waals surface area contributed by atoms with Crippen LogP contribution in [0.5, 0.6) is 11.5 Å². The van der Waals surface area contributed by atoms with E-state index >= 15 is 0 Å². The number of phenolic OH excluding ortho intramolecular Hbond substituents is 1. The number of nitrogen functional groups attached to an aromatic ring is 1. The number of nitrogens with zero attached hydrogens (tertiary/aromatic N) is 1. The van der Waals surface area contributed by atoms with Gasteiger partial charge in [-0.25, -0.2) is 0 Å². The second-order valence-corrected chi connectivity index (χ2v) is 7.15. The lowest BCUT2D eigenvalue weighted by atomic mass is 9.89. The first-order chi connectivity index (χ1) is 13.2. The van der Waals surface area contributed by atoms with Gasteiger partial charge in [0.1, 0.15) is 11.4 Å². The van der Waals surface area contributed by atoms with Crippen molar-refractivity contribution in [1.82, 2.24) is 5.32 Å². The number of phenols is 1. The van der Waals surface area contributed by atoms with Gasteiger partial charge in [-0.15, -0.1) is 0 Å². The summed E-state index contributed by atoms with van der Waals surface area (Å²) >= 11 is 0. The van der Waals surface area contributed by atoms with Crippen molar-refractivity contribution < 1.29 is 9.94 Å². The van der Waals surface area contributed by atoms with Gasteiger partial charge in [-0.2, -0.15) is 0 Å². The summed E-state index contributed by atoms with van der Waals surface area (Å²) in [5, 5.41) is 16.5. The van der Waals surface area contributed by atoms with Crippen molar-refractivity contribution in [3.63, 3.8) is 0 Å². The molecule has 0 heterocycles. The number of allylic oxidation sites excluding steroid dienone is 4. The number of aryl methyl sites for hydroxylation is 1. The largest absolute Gasteiger partial charge is 0.506 e. The van der Waals surface area contributed by atoms with Crippen LogP contribution in [-0.4, -0.2) is 25.4 Å². The van der Waals surface area contributed by atoms with Crippen LogP contribution in [0.15, 0.2) is 41.1 Å². The van der Waals surface area contributed by atoms with Crippen LogP contribution in [-0.2, 0) is 6.42 Å². The average Bonchev–Trinajstić information content (AvgIpc) is 2.69. The van der Waals surface area contributed by atoms with Crippen molar-refractivity contribution in [2.75, 3.05) is 19.3 Å². The Morgan fingerprint density at radius 3 is 2.81 bits per heavy atom. The molecule has 0 aromatic heterocycles. The third kappa shape index (κ3) is 6.75. The molecule has 1 aliphatic rings. The zero-order chi connectivity index (χ0) is 19.5. The lowest BCUT2D eigenvalue weighted by Crippen LogP contribution is -2.14. The molecule has 4 N–H and O–H groups in total. The van der Waals surface area contributed by atoms with Crippen LogP contribution in [0.25, 0.3) is 0 Å². The highest BCUT2D eigenvalue weighted by Gasteiger charge is 2.14. The maximum Gasteiger partial charge on any atom is 0.187 e. The molecule has 27 heavy (non-hydrogen) atoms. The predicted octanol–water partition coefficient (Wildman–Crippen LogP) is 4.57. The minimum Gasteiger partial charge on any atom is -0.506 e. The van der Waals surface area contributed by atoms with Crippen LogP contribution >= 0.6 is 0 Å². The van der Waals surface area contributed by atoms with E-state index in [0.717, 1.165) is 37.8 Å². The van der Waals surface area contributed by atoms with E-state index in [2.05, 4.69) is 35.4 Å². The summed E-state index contributed by atoms with van der Waals surface area (Å²) in [6.45, 7) is 4.39. The lowest BCUT2D eigenvalue weighted by molar-refractivity contribution is 0.339. The zero-order valence-corrected chi connectivity index (χ0v) is 16.4. The number of rotatable bonds is 12. The van der Waals surface area contributed by atoms with E-state index in [-0.39, 0.29) is 11.4 Å². The van der Waals surface area contributed by atoms with Crippen LogP contribution < -0.4 is 15.9 Å². The fourth-order valence-electron chi connectivity index (χ4n) is 3.59. The standard InChI is InChI=1S/C22H33N3O2/c1-24-16-15-18(12-11-17-7-4-3-5-8-17)9-6-10-19-13-14-20(26)21(23)22(19)27-25-2/h4,7-8,13-14,18,24,26H,2-3,5-6,9-12,15-16,23H2,1H3. The van der Waals surface area contributed by atoms with Crippen molar-refractivity contribution in [1.29, 1.82) is 0 Å². The van der Waals surface area contributed by atoms with Crippen LogP contribution in [0.3, 0.4) is 0 Å². The zero-order valence-electron chi connectivity index (χ0n) is 16.4. The summed E-state index contributed by atoms with van der Waals surface area (Å²) in [7, 11) is 2.01. The molecule has 0 saturated heterocycles. The molecule has 5 nitrogen and oxygen atoms in total. The van der Waals surface area contributed by atoms with Crippen LogP contribution in [0.4, 0.5) is 5.69 Å². The molecular weight excluding hydrogens is 338 g/mol. The van der Waals surface area contributed by atoms with Gasteiger partial charge in [0.25, 0.3) is 0 Å². The molecular formula is C22H33N3O2. The fraction of sp³-hybridized carbons (Fsp3) is 0.500. The van der Waals surface area contributed by atoms with Gasteiger partial charge in [0, 0.05) is 12.3 Å². The Bertz CT molecular complexity index is 668. The summed E-state index contributed by atoms with van der Waals surface area (Å²) in [5.74, 6) is 1.12. The molecule has 0 radical (unpaired) electrons. The van der Waals surface area contributed by atoms with Crippen molar-refractivity contribution in [2.24, 2.45) is 11.1 Å². The fourth-order valence-corrected chi connectivity index (χ4v) is 3.59. The van der Waals surface area contributed by atoms with E-state index in [9.17, 15) is 5.11 Å². The van der Waals surface area contributed by atoms with Crippen molar-refractivity contribution in [3.05, 3.63) is 41.5 Å². The number of hydrogen-bond acceptors (Lipinski definition) is 5. The van der Waals surface area contributed by atoms with Crippen molar-refractivity contribution in [2.45, 2.75) is 51.4 Å². The van der Waals surface area contributed by atoms with E-state index in [4.69, 9.17) is 10.6 Å². The monoisotopic (exact) mass is 371 g/mol. The molecule has 1 unspecified atom stereocenters. The number of nitrogens with one attached hydrogen (secondary N) is 1. The Morgan fingerprint density at radius 2 is 2.11 bits per heavy atom. The molecule has 0 aliphatic heterocycles. The van der Waals surface area contributed by atoms with Gasteiger partial charge in [0.15, 0.2) is 5.75 Å². The lowest BCUT2D eigenvalue weighted by Gasteiger charge is -2.18. The normalized spacial score (nSPS) is 14.6. The van der Waals surface area contributed by atoms with E-state index in [1.807, 2.05) is 13.1 Å². The third-order valence-corrected chi connectivity index (χ3v) is 5.18. The second-order valence-electron chi connectivity index (χ2n) is 7.15. The van der Waals surface area contributed by atoms with Gasteiger partial charge in [0.2, 0.25) is 0 Å².